The van der Waals surface area contributed by atoms with Gasteiger partial charge in [-0.15, -0.1) is 0 Å². The molecule has 0 amide bonds. The Kier molecular flexibility index (Phi) is 2.91. The van der Waals surface area contributed by atoms with Crippen molar-refractivity contribution in [1.82, 2.24) is 9.71 Å². The van der Waals surface area contributed by atoms with Gasteiger partial charge in [0, 0.05) is 25.3 Å². The molecular weight excluding hydrogens is 232 g/mol. The van der Waals surface area contributed by atoms with E-state index in [2.05, 4.69) is 20.7 Å². The Morgan fingerprint density at radius 2 is 2.47 bits per heavy atom. The number of anilines is 1. The summed E-state index contributed by atoms with van der Waals surface area (Å²) in [5, 5.41) is 8.91. The van der Waals surface area contributed by atoms with Crippen LogP contribution in [-0.4, -0.2) is 24.1 Å². The monoisotopic (exact) mass is 246 g/mol. The van der Waals surface area contributed by atoms with Crippen molar-refractivity contribution in [1.29, 1.82) is 5.26 Å². The molecular formula is C12H14N4S. The Morgan fingerprint density at radius 1 is 1.53 bits per heavy atom. The number of rotatable bonds is 0. The number of fused-ring (bicyclic) bond motifs is 3. The Morgan fingerprint density at radius 3 is 3.35 bits per heavy atom. The number of hydrogen-bond acceptors (Lipinski definition) is 5. The quantitative estimate of drug-likeness (QED) is 0.709. The largest absolute Gasteiger partial charge is 0.351 e. The molecule has 1 saturated heterocycles. The maximum atomic E-state index is 8.91. The van der Waals surface area contributed by atoms with Gasteiger partial charge in [-0.05, 0) is 37.3 Å². The second kappa shape index (κ2) is 4.55. The predicted molar refractivity (Wildman–Crippen MR) is 67.8 cm³/mol. The number of aromatic nitrogens is 1. The number of piperidine rings is 1. The van der Waals surface area contributed by atoms with Crippen LogP contribution in [0.1, 0.15) is 24.8 Å². The van der Waals surface area contributed by atoms with E-state index in [0.29, 0.717) is 11.6 Å². The van der Waals surface area contributed by atoms with Gasteiger partial charge in [-0.1, -0.05) is 0 Å². The van der Waals surface area contributed by atoms with E-state index in [0.717, 1.165) is 23.8 Å². The zero-order valence-electron chi connectivity index (χ0n) is 9.52. The third-order valence-corrected chi connectivity index (χ3v) is 4.19. The highest BCUT2D eigenvalue weighted by Crippen LogP contribution is 2.34. The summed E-state index contributed by atoms with van der Waals surface area (Å²) in [6.45, 7) is 2.07. The van der Waals surface area contributed by atoms with Crippen molar-refractivity contribution in [2.45, 2.75) is 30.2 Å². The summed E-state index contributed by atoms with van der Waals surface area (Å²) in [6.07, 6.45) is 5.45. The highest BCUT2D eigenvalue weighted by atomic mass is 32.2. The molecule has 4 nitrogen and oxygen atoms in total. The van der Waals surface area contributed by atoms with E-state index in [9.17, 15) is 0 Å². The van der Waals surface area contributed by atoms with E-state index in [-0.39, 0.29) is 0 Å². The molecule has 0 radical (unpaired) electrons. The lowest BCUT2D eigenvalue weighted by atomic mass is 10.0. The van der Waals surface area contributed by atoms with Crippen molar-refractivity contribution in [3.63, 3.8) is 0 Å². The van der Waals surface area contributed by atoms with Gasteiger partial charge in [-0.25, -0.2) is 4.98 Å². The van der Waals surface area contributed by atoms with Crippen LogP contribution in [0, 0.1) is 11.3 Å². The molecule has 3 rings (SSSR count). The molecule has 2 aliphatic heterocycles. The van der Waals surface area contributed by atoms with Crippen LogP contribution in [0.25, 0.3) is 0 Å². The molecule has 88 valence electrons. The zero-order valence-corrected chi connectivity index (χ0v) is 10.3. The van der Waals surface area contributed by atoms with Gasteiger partial charge < -0.3 is 4.90 Å². The Balaban J connectivity index is 2.01. The fourth-order valence-corrected chi connectivity index (χ4v) is 3.37. The second-order valence-corrected chi connectivity index (χ2v) is 5.38. The average molecular weight is 246 g/mol. The highest BCUT2D eigenvalue weighted by molar-refractivity contribution is 7.97. The molecule has 0 aromatic carbocycles. The first kappa shape index (κ1) is 10.9. The van der Waals surface area contributed by atoms with Crippen molar-refractivity contribution < 1.29 is 0 Å². The fraction of sp³-hybridized carbons (Fsp3) is 0.500. The molecule has 0 bridgehead atoms. The lowest BCUT2D eigenvalue weighted by Crippen LogP contribution is -2.43. The number of nitrogens with zero attached hydrogens (tertiary/aromatic N) is 3. The zero-order chi connectivity index (χ0) is 11.7. The van der Waals surface area contributed by atoms with Gasteiger partial charge in [-0.3, -0.25) is 4.72 Å². The number of hydrogen-bond donors (Lipinski definition) is 1. The van der Waals surface area contributed by atoms with Gasteiger partial charge in [0.2, 0.25) is 0 Å². The molecule has 0 spiro atoms. The first-order valence-corrected chi connectivity index (χ1v) is 6.76. The molecule has 0 aliphatic carbocycles. The number of nitrogens with one attached hydrogen (secondary N) is 1. The van der Waals surface area contributed by atoms with E-state index in [1.54, 1.807) is 18.1 Å². The van der Waals surface area contributed by atoms with Crippen LogP contribution in [0.5, 0.6) is 0 Å². The second-order valence-electron chi connectivity index (χ2n) is 4.45. The molecule has 17 heavy (non-hydrogen) atoms. The van der Waals surface area contributed by atoms with E-state index < -0.39 is 0 Å². The molecule has 1 N–H and O–H groups in total. The normalized spacial score (nSPS) is 23.2. The first-order valence-electron chi connectivity index (χ1n) is 5.95. The minimum absolute atomic E-state index is 0.554. The maximum absolute atomic E-state index is 8.91. The average Bonchev–Trinajstić information content (AvgIpc) is 2.57. The third kappa shape index (κ3) is 1.99. The van der Waals surface area contributed by atoms with Crippen molar-refractivity contribution >= 4 is 17.8 Å². The van der Waals surface area contributed by atoms with Gasteiger partial charge in [0.15, 0.2) is 0 Å². The third-order valence-electron chi connectivity index (χ3n) is 3.36. The summed E-state index contributed by atoms with van der Waals surface area (Å²) < 4.78 is 3.38. The molecule has 1 aromatic heterocycles. The van der Waals surface area contributed by atoms with Crippen LogP contribution in [0.15, 0.2) is 17.2 Å². The Hall–Kier alpha value is -1.25. The topological polar surface area (TPSA) is 52.0 Å². The molecule has 1 atom stereocenters. The van der Waals surface area contributed by atoms with Crippen LogP contribution in [0.3, 0.4) is 0 Å². The van der Waals surface area contributed by atoms with Crippen molar-refractivity contribution in [2.75, 3.05) is 18.0 Å². The van der Waals surface area contributed by atoms with Crippen LogP contribution >= 0.6 is 11.9 Å². The molecule has 0 saturated carbocycles. The highest BCUT2D eigenvalue weighted by Gasteiger charge is 2.28. The number of pyridine rings is 1. The summed E-state index contributed by atoms with van der Waals surface area (Å²) >= 11 is 1.60. The van der Waals surface area contributed by atoms with Crippen LogP contribution in [-0.2, 0) is 0 Å². The molecule has 2 aliphatic rings. The summed E-state index contributed by atoms with van der Waals surface area (Å²) in [4.78, 5) is 7.95. The molecule has 1 aromatic rings. The van der Waals surface area contributed by atoms with Crippen molar-refractivity contribution in [3.8, 4) is 6.07 Å². The van der Waals surface area contributed by atoms with E-state index in [1.807, 2.05) is 6.07 Å². The summed E-state index contributed by atoms with van der Waals surface area (Å²) in [6, 6.07) is 4.63. The summed E-state index contributed by atoms with van der Waals surface area (Å²) in [5.41, 5.74) is 0.633. The van der Waals surface area contributed by atoms with Gasteiger partial charge in [0.1, 0.15) is 11.9 Å². The van der Waals surface area contributed by atoms with Crippen LogP contribution in [0.4, 0.5) is 5.82 Å². The van der Waals surface area contributed by atoms with Crippen molar-refractivity contribution in [2.24, 2.45) is 0 Å². The van der Waals surface area contributed by atoms with Crippen LogP contribution in [0.2, 0.25) is 0 Å². The van der Waals surface area contributed by atoms with E-state index in [1.165, 1.54) is 19.3 Å². The molecule has 3 heterocycles. The first-order chi connectivity index (χ1) is 8.38. The molecule has 0 unspecified atom stereocenters. The Bertz CT molecular complexity index is 468. The van der Waals surface area contributed by atoms with Gasteiger partial charge >= 0.3 is 0 Å². The van der Waals surface area contributed by atoms with Crippen molar-refractivity contribution in [3.05, 3.63) is 17.8 Å². The standard InChI is InChI=1S/C12H14N4S/c13-6-9-5-11-12(14-7-9)16-4-2-1-3-10(16)8-15-17-11/h5,7,10,15H,1-4,8H2/t10-/m1/s1. The number of nitriles is 1. The SMILES string of the molecule is N#Cc1cnc2c(c1)SNC[C@H]1CCCCN21. The smallest absolute Gasteiger partial charge is 0.143 e. The minimum Gasteiger partial charge on any atom is -0.351 e. The predicted octanol–water partition coefficient (Wildman–Crippen LogP) is 1.92. The fourth-order valence-electron chi connectivity index (χ4n) is 2.50. The van der Waals surface area contributed by atoms with E-state index >= 15 is 0 Å². The lowest BCUT2D eigenvalue weighted by molar-refractivity contribution is 0.456. The lowest BCUT2D eigenvalue weighted by Gasteiger charge is -2.35. The summed E-state index contributed by atoms with van der Waals surface area (Å²) in [7, 11) is 0. The van der Waals surface area contributed by atoms with Gasteiger partial charge in [-0.2, -0.15) is 5.26 Å². The van der Waals surface area contributed by atoms with Gasteiger partial charge in [0.25, 0.3) is 0 Å². The Labute approximate surface area is 105 Å². The molecule has 1 fully saturated rings. The van der Waals surface area contributed by atoms with Gasteiger partial charge in [0.05, 0.1) is 10.5 Å². The minimum atomic E-state index is 0.554. The van der Waals surface area contributed by atoms with E-state index in [4.69, 9.17) is 5.26 Å². The maximum Gasteiger partial charge on any atom is 0.143 e. The summed E-state index contributed by atoms with van der Waals surface area (Å²) in [5.74, 6) is 1.05. The van der Waals surface area contributed by atoms with Crippen LogP contribution < -0.4 is 9.62 Å². The molecule has 5 heteroatoms.